The van der Waals surface area contributed by atoms with Crippen LogP contribution in [0, 0.1) is 36.5 Å². The maximum absolute atomic E-state index is 8.77. The van der Waals surface area contributed by atoms with Gasteiger partial charge in [-0.15, -0.1) is 11.6 Å². The van der Waals surface area contributed by atoms with Crippen molar-refractivity contribution in [3.05, 3.63) is 83.2 Å². The monoisotopic (exact) mass is 416 g/mol. The lowest BCUT2D eigenvalue weighted by molar-refractivity contribution is 1.08. The molecule has 0 aliphatic rings. The molecule has 1 aromatic heterocycles. The lowest BCUT2D eigenvalue weighted by Crippen LogP contribution is -2.06. The van der Waals surface area contributed by atoms with Gasteiger partial charge in [-0.3, -0.25) is 0 Å². The van der Waals surface area contributed by atoms with Gasteiger partial charge in [0.15, 0.2) is 0 Å². The van der Waals surface area contributed by atoms with Crippen molar-refractivity contribution in [1.29, 1.82) is 10.5 Å². The van der Waals surface area contributed by atoms with Crippen molar-refractivity contribution in [2.45, 2.75) is 19.7 Å². The van der Waals surface area contributed by atoms with Gasteiger partial charge >= 0.3 is 0 Å². The molecule has 150 valence electrons. The van der Waals surface area contributed by atoms with Crippen molar-refractivity contribution < 1.29 is 0 Å². The van der Waals surface area contributed by atoms with Crippen molar-refractivity contribution in [3.63, 3.8) is 0 Å². The number of anilines is 3. The molecule has 0 bridgehead atoms. The molecule has 0 aliphatic carbocycles. The number of aryl methyl sites for hydroxylation is 2. The van der Waals surface area contributed by atoms with Crippen molar-refractivity contribution in [1.82, 2.24) is 9.97 Å². The number of nitrogens with one attached hydrogen (secondary N) is 2. The minimum atomic E-state index is 0.218. The van der Waals surface area contributed by atoms with Gasteiger partial charge in [0.1, 0.15) is 5.82 Å². The van der Waals surface area contributed by atoms with Crippen LogP contribution in [0.25, 0.3) is 6.08 Å². The Bertz CT molecular complexity index is 1090. The molecule has 0 unspecified atom stereocenters. The normalized spacial score (nSPS) is 10.6. The summed E-state index contributed by atoms with van der Waals surface area (Å²) in [5.74, 6) is 1.12. The summed E-state index contributed by atoms with van der Waals surface area (Å²) in [6, 6.07) is 9.68. The lowest BCUT2D eigenvalue weighted by atomic mass is 10.0. The first kappa shape index (κ1) is 22.4. The number of benzene rings is 1. The number of nitriles is 2. The average molecular weight is 417 g/mol. The van der Waals surface area contributed by atoms with E-state index in [0.29, 0.717) is 28.7 Å². The van der Waals surface area contributed by atoms with E-state index in [0.717, 1.165) is 22.4 Å². The molecule has 0 radical (unpaired) electrons. The molecule has 6 nitrogen and oxygen atoms in total. The topological polar surface area (TPSA) is 97.4 Å². The Morgan fingerprint density at radius 1 is 1.13 bits per heavy atom. The van der Waals surface area contributed by atoms with E-state index < -0.39 is 0 Å². The summed E-state index contributed by atoms with van der Waals surface area (Å²) in [6.45, 7) is 11.4. The van der Waals surface area contributed by atoms with Crippen LogP contribution in [0.3, 0.4) is 0 Å². The highest BCUT2D eigenvalue weighted by molar-refractivity contribution is 6.16. The maximum atomic E-state index is 8.77. The minimum absolute atomic E-state index is 0.218. The third-order valence-electron chi connectivity index (χ3n) is 3.98. The number of rotatable bonds is 8. The molecule has 0 spiro atoms. The molecule has 0 fully saturated rings. The first-order valence-electron chi connectivity index (χ1n) is 8.97. The summed E-state index contributed by atoms with van der Waals surface area (Å²) in [5.41, 5.74) is 5.34. The Hall–Kier alpha value is -3.87. The third kappa shape index (κ3) is 6.34. The molecule has 30 heavy (non-hydrogen) atoms. The van der Waals surface area contributed by atoms with Crippen LogP contribution in [0.5, 0.6) is 0 Å². The molecular formula is C23H21ClN6. The summed E-state index contributed by atoms with van der Waals surface area (Å²) in [7, 11) is 0. The lowest BCUT2D eigenvalue weighted by Gasteiger charge is -2.15. The summed E-state index contributed by atoms with van der Waals surface area (Å²) >= 11 is 6.00. The highest BCUT2D eigenvalue weighted by Crippen LogP contribution is 2.27. The second-order valence-electron chi connectivity index (χ2n) is 6.44. The molecule has 0 saturated heterocycles. The van der Waals surface area contributed by atoms with Gasteiger partial charge in [-0.05, 0) is 60.9 Å². The van der Waals surface area contributed by atoms with Crippen LogP contribution in [0.4, 0.5) is 17.5 Å². The van der Waals surface area contributed by atoms with Crippen LogP contribution in [0.1, 0.15) is 22.4 Å². The zero-order valence-corrected chi connectivity index (χ0v) is 17.6. The van der Waals surface area contributed by atoms with Crippen LogP contribution < -0.4 is 10.6 Å². The van der Waals surface area contributed by atoms with E-state index in [4.69, 9.17) is 22.1 Å². The Labute approximate surface area is 181 Å². The minimum Gasteiger partial charge on any atom is -0.340 e. The maximum Gasteiger partial charge on any atom is 0.229 e. The molecule has 1 heterocycles. The fourth-order valence-corrected chi connectivity index (χ4v) is 2.80. The van der Waals surface area contributed by atoms with Gasteiger partial charge in [-0.1, -0.05) is 13.2 Å². The molecule has 0 amide bonds. The highest BCUT2D eigenvalue weighted by atomic mass is 35.5. The van der Waals surface area contributed by atoms with Crippen molar-refractivity contribution in [2.24, 2.45) is 0 Å². The van der Waals surface area contributed by atoms with E-state index in [-0.39, 0.29) is 5.88 Å². The van der Waals surface area contributed by atoms with Crippen LogP contribution in [0.2, 0.25) is 0 Å². The largest absolute Gasteiger partial charge is 0.340 e. The first-order chi connectivity index (χ1) is 14.4. The van der Waals surface area contributed by atoms with Gasteiger partial charge in [0.25, 0.3) is 0 Å². The molecular weight excluding hydrogens is 396 g/mol. The summed E-state index contributed by atoms with van der Waals surface area (Å²) in [5, 5.41) is 23.8. The number of alkyl halides is 1. The Balaban J connectivity index is 2.30. The van der Waals surface area contributed by atoms with Gasteiger partial charge < -0.3 is 10.6 Å². The van der Waals surface area contributed by atoms with Gasteiger partial charge in [-0.25, -0.2) is 4.98 Å². The number of nitrogens with zero attached hydrogens (tertiary/aromatic N) is 4. The fourth-order valence-electron chi connectivity index (χ4n) is 2.66. The highest BCUT2D eigenvalue weighted by Gasteiger charge is 2.09. The van der Waals surface area contributed by atoms with E-state index >= 15 is 0 Å². The van der Waals surface area contributed by atoms with Crippen molar-refractivity contribution in [3.8, 4) is 12.1 Å². The van der Waals surface area contributed by atoms with Gasteiger partial charge in [-0.2, -0.15) is 15.5 Å². The number of hydrogen-bond acceptors (Lipinski definition) is 6. The molecule has 7 heteroatoms. The predicted octanol–water partition coefficient (Wildman–Crippen LogP) is 5.67. The molecule has 2 aromatic rings. The van der Waals surface area contributed by atoms with E-state index in [9.17, 15) is 0 Å². The number of hydrogen-bond donors (Lipinski definition) is 2. The van der Waals surface area contributed by atoms with E-state index in [1.165, 1.54) is 6.08 Å². The van der Waals surface area contributed by atoms with E-state index in [1.54, 1.807) is 24.3 Å². The van der Waals surface area contributed by atoms with Gasteiger partial charge in [0.05, 0.1) is 23.7 Å². The standard InChI is InChI=1S/C23H21ClN6/c1-15(14-26)7-8-18(4)27-23-28-20(13-24)12-21(30-23)29-22-16(2)10-19(6-5-9-25)11-17(22)3/h5-8,10-12H,1,4,13H2,2-3H3,(H2,27,28,29,30)/b6-5+,8-7-. The molecule has 1 aromatic carbocycles. The summed E-state index contributed by atoms with van der Waals surface area (Å²) in [6.07, 6.45) is 6.39. The number of aromatic nitrogens is 2. The smallest absolute Gasteiger partial charge is 0.229 e. The zero-order chi connectivity index (χ0) is 22.1. The number of allylic oxidation sites excluding steroid dienone is 4. The van der Waals surface area contributed by atoms with E-state index in [1.807, 2.05) is 38.1 Å². The molecule has 2 rings (SSSR count). The third-order valence-corrected chi connectivity index (χ3v) is 4.25. The second-order valence-corrected chi connectivity index (χ2v) is 6.71. The fraction of sp³-hybridized carbons (Fsp3) is 0.130. The average Bonchev–Trinajstić information content (AvgIpc) is 2.72. The van der Waals surface area contributed by atoms with Crippen LogP contribution in [0.15, 0.2) is 60.9 Å². The van der Waals surface area contributed by atoms with Crippen molar-refractivity contribution >= 4 is 35.1 Å². The summed E-state index contributed by atoms with van der Waals surface area (Å²) in [4.78, 5) is 8.84. The Morgan fingerprint density at radius 3 is 2.43 bits per heavy atom. The van der Waals surface area contributed by atoms with Gasteiger partial charge in [0, 0.05) is 29.1 Å². The molecule has 0 saturated carbocycles. The second kappa shape index (κ2) is 10.6. The van der Waals surface area contributed by atoms with Crippen LogP contribution in [-0.4, -0.2) is 9.97 Å². The molecule has 2 N–H and O–H groups in total. The SMILES string of the molecule is C=C(C#N)/C=C\C(=C)Nc1nc(CCl)cc(Nc2c(C)cc(/C=C/C#N)cc2C)n1. The number of halogens is 1. The molecule has 0 atom stereocenters. The first-order valence-corrected chi connectivity index (χ1v) is 9.51. The van der Waals surface area contributed by atoms with Crippen LogP contribution in [-0.2, 0) is 5.88 Å². The predicted molar refractivity (Wildman–Crippen MR) is 122 cm³/mol. The van der Waals surface area contributed by atoms with Crippen molar-refractivity contribution in [2.75, 3.05) is 10.6 Å². The quantitative estimate of drug-likeness (QED) is 0.326. The zero-order valence-electron chi connectivity index (χ0n) is 16.8. The summed E-state index contributed by atoms with van der Waals surface area (Å²) < 4.78 is 0. The molecule has 0 aliphatic heterocycles. The van der Waals surface area contributed by atoms with E-state index in [2.05, 4.69) is 33.8 Å². The Kier molecular flexibility index (Phi) is 7.93. The van der Waals surface area contributed by atoms with Crippen LogP contribution >= 0.6 is 11.6 Å². The Morgan fingerprint density at radius 2 is 1.83 bits per heavy atom. The van der Waals surface area contributed by atoms with Gasteiger partial charge in [0.2, 0.25) is 5.95 Å².